The average Bonchev–Trinajstić information content (AvgIpc) is 2.77. The van der Waals surface area contributed by atoms with Crippen LogP contribution in [0.4, 0.5) is 5.69 Å². The van der Waals surface area contributed by atoms with Gasteiger partial charge in [-0.2, -0.15) is 0 Å². The molecule has 1 unspecified atom stereocenters. The molecule has 1 fully saturated rings. The van der Waals surface area contributed by atoms with Crippen molar-refractivity contribution in [3.63, 3.8) is 0 Å². The number of nitrogens with zero attached hydrogens (tertiary/aromatic N) is 1. The molecule has 0 bridgehead atoms. The normalized spacial score (nSPS) is 18.3. The molecule has 2 rings (SSSR count). The standard InChI is InChI=1S/C12H18N4OS/c1-3-16(4-2)8-5-6-9(10(17)7-8)11-13-12(18)15-14-11/h5-7,11,14,17H,3-4H2,1-2H3,(H2,13,15,18). The predicted molar refractivity (Wildman–Crippen MR) is 76.4 cm³/mol. The number of benzene rings is 1. The lowest BCUT2D eigenvalue weighted by Gasteiger charge is -2.22. The summed E-state index contributed by atoms with van der Waals surface area (Å²) in [5.41, 5.74) is 7.57. The Morgan fingerprint density at radius 3 is 2.56 bits per heavy atom. The minimum Gasteiger partial charge on any atom is -0.507 e. The Bertz CT molecular complexity index is 448. The summed E-state index contributed by atoms with van der Waals surface area (Å²) in [4.78, 5) is 2.18. The Kier molecular flexibility index (Phi) is 3.88. The van der Waals surface area contributed by atoms with Crippen molar-refractivity contribution in [1.82, 2.24) is 16.2 Å². The van der Waals surface area contributed by atoms with E-state index in [0.29, 0.717) is 5.11 Å². The molecule has 0 amide bonds. The number of phenols is 1. The number of rotatable bonds is 4. The van der Waals surface area contributed by atoms with Gasteiger partial charge in [0.15, 0.2) is 5.11 Å². The highest BCUT2D eigenvalue weighted by molar-refractivity contribution is 7.80. The van der Waals surface area contributed by atoms with E-state index >= 15 is 0 Å². The van der Waals surface area contributed by atoms with Crippen LogP contribution < -0.4 is 21.1 Å². The molecule has 0 saturated carbocycles. The van der Waals surface area contributed by atoms with Gasteiger partial charge in [0, 0.05) is 30.4 Å². The second-order valence-corrected chi connectivity index (χ2v) is 4.50. The molecule has 4 N–H and O–H groups in total. The summed E-state index contributed by atoms with van der Waals surface area (Å²) in [5.74, 6) is 0.260. The van der Waals surface area contributed by atoms with Crippen LogP contribution in [-0.2, 0) is 0 Å². The fraction of sp³-hybridized carbons (Fsp3) is 0.417. The van der Waals surface area contributed by atoms with E-state index in [1.165, 1.54) is 0 Å². The SMILES string of the molecule is CCN(CC)c1ccc(C2NNC(=S)N2)c(O)c1. The summed E-state index contributed by atoms with van der Waals surface area (Å²) in [7, 11) is 0. The zero-order valence-electron chi connectivity index (χ0n) is 10.5. The van der Waals surface area contributed by atoms with Crippen LogP contribution >= 0.6 is 12.2 Å². The number of hydrazine groups is 1. The van der Waals surface area contributed by atoms with Gasteiger partial charge >= 0.3 is 0 Å². The molecule has 1 atom stereocenters. The van der Waals surface area contributed by atoms with E-state index in [-0.39, 0.29) is 11.9 Å². The molecular weight excluding hydrogens is 248 g/mol. The van der Waals surface area contributed by atoms with Crippen LogP contribution in [-0.4, -0.2) is 23.3 Å². The third-order valence-corrected chi connectivity index (χ3v) is 3.28. The highest BCUT2D eigenvalue weighted by atomic mass is 32.1. The number of thiocarbonyl (C=S) groups is 1. The molecule has 1 heterocycles. The number of phenolic OH excluding ortho intramolecular Hbond substituents is 1. The number of hydrogen-bond acceptors (Lipinski definition) is 4. The van der Waals surface area contributed by atoms with Crippen molar-refractivity contribution in [3.8, 4) is 5.75 Å². The lowest BCUT2D eigenvalue weighted by atomic mass is 10.1. The third-order valence-electron chi connectivity index (χ3n) is 3.06. The van der Waals surface area contributed by atoms with Gasteiger partial charge in [-0.05, 0) is 38.2 Å². The van der Waals surface area contributed by atoms with Gasteiger partial charge in [0.25, 0.3) is 0 Å². The summed E-state index contributed by atoms with van der Waals surface area (Å²) < 4.78 is 0. The zero-order chi connectivity index (χ0) is 13.1. The lowest BCUT2D eigenvalue weighted by Crippen LogP contribution is -2.27. The number of aromatic hydroxyl groups is 1. The fourth-order valence-corrected chi connectivity index (χ4v) is 2.23. The van der Waals surface area contributed by atoms with Crippen LogP contribution in [0, 0.1) is 0 Å². The first-order chi connectivity index (χ1) is 8.65. The quantitative estimate of drug-likeness (QED) is 0.615. The van der Waals surface area contributed by atoms with Crippen molar-refractivity contribution in [3.05, 3.63) is 23.8 Å². The van der Waals surface area contributed by atoms with E-state index in [2.05, 4.69) is 34.9 Å². The molecule has 1 aliphatic heterocycles. The molecule has 1 aromatic rings. The fourth-order valence-electron chi connectivity index (χ4n) is 2.06. The van der Waals surface area contributed by atoms with E-state index in [1.54, 1.807) is 6.07 Å². The Labute approximate surface area is 112 Å². The van der Waals surface area contributed by atoms with Crippen molar-refractivity contribution in [2.45, 2.75) is 20.0 Å². The summed E-state index contributed by atoms with van der Waals surface area (Å²) >= 11 is 4.97. The topological polar surface area (TPSA) is 59.6 Å². The number of hydrogen-bond donors (Lipinski definition) is 4. The zero-order valence-corrected chi connectivity index (χ0v) is 11.3. The summed E-state index contributed by atoms with van der Waals surface area (Å²) in [6.07, 6.45) is -0.191. The lowest BCUT2D eigenvalue weighted by molar-refractivity contribution is 0.447. The van der Waals surface area contributed by atoms with Crippen molar-refractivity contribution >= 4 is 23.0 Å². The monoisotopic (exact) mass is 266 g/mol. The third kappa shape index (κ3) is 2.49. The van der Waals surface area contributed by atoms with Gasteiger partial charge in [-0.15, -0.1) is 0 Å². The molecule has 0 radical (unpaired) electrons. The second kappa shape index (κ2) is 5.41. The van der Waals surface area contributed by atoms with Crippen LogP contribution in [0.25, 0.3) is 0 Å². The Hall–Kier alpha value is -1.53. The summed E-state index contributed by atoms with van der Waals surface area (Å²) in [6, 6.07) is 5.70. The highest BCUT2D eigenvalue weighted by Crippen LogP contribution is 2.28. The molecule has 98 valence electrons. The first-order valence-electron chi connectivity index (χ1n) is 6.05. The number of nitrogens with one attached hydrogen (secondary N) is 3. The molecule has 1 saturated heterocycles. The van der Waals surface area contributed by atoms with E-state index < -0.39 is 0 Å². The van der Waals surface area contributed by atoms with E-state index in [0.717, 1.165) is 24.3 Å². The highest BCUT2D eigenvalue weighted by Gasteiger charge is 2.21. The van der Waals surface area contributed by atoms with Gasteiger partial charge < -0.3 is 15.3 Å². The van der Waals surface area contributed by atoms with E-state index in [9.17, 15) is 5.11 Å². The van der Waals surface area contributed by atoms with Gasteiger partial charge in [0.2, 0.25) is 0 Å². The summed E-state index contributed by atoms with van der Waals surface area (Å²) in [5, 5.41) is 13.7. The minimum absolute atomic E-state index is 0.191. The van der Waals surface area contributed by atoms with Gasteiger partial charge in [0.1, 0.15) is 11.9 Å². The van der Waals surface area contributed by atoms with Crippen molar-refractivity contribution < 1.29 is 5.11 Å². The molecule has 0 aromatic heterocycles. The maximum Gasteiger partial charge on any atom is 0.182 e. The Morgan fingerprint density at radius 1 is 1.33 bits per heavy atom. The van der Waals surface area contributed by atoms with Gasteiger partial charge in [0.05, 0.1) is 0 Å². The average molecular weight is 266 g/mol. The smallest absolute Gasteiger partial charge is 0.182 e. The molecule has 18 heavy (non-hydrogen) atoms. The van der Waals surface area contributed by atoms with Gasteiger partial charge in [-0.1, -0.05) is 0 Å². The largest absolute Gasteiger partial charge is 0.507 e. The van der Waals surface area contributed by atoms with E-state index in [1.807, 2.05) is 12.1 Å². The first-order valence-corrected chi connectivity index (χ1v) is 6.46. The first kappa shape index (κ1) is 12.9. The van der Waals surface area contributed by atoms with Crippen LogP contribution in [0.15, 0.2) is 18.2 Å². The van der Waals surface area contributed by atoms with Gasteiger partial charge in [-0.25, -0.2) is 5.43 Å². The van der Waals surface area contributed by atoms with Crippen molar-refractivity contribution in [2.24, 2.45) is 0 Å². The Morgan fingerprint density at radius 2 is 2.06 bits per heavy atom. The molecular formula is C12H18N4OS. The predicted octanol–water partition coefficient (Wildman–Crippen LogP) is 1.22. The van der Waals surface area contributed by atoms with Crippen LogP contribution in [0.5, 0.6) is 5.75 Å². The molecule has 6 heteroatoms. The van der Waals surface area contributed by atoms with Gasteiger partial charge in [-0.3, -0.25) is 5.43 Å². The van der Waals surface area contributed by atoms with Crippen LogP contribution in [0.2, 0.25) is 0 Å². The Balaban J connectivity index is 2.22. The molecule has 1 aromatic carbocycles. The summed E-state index contributed by atoms with van der Waals surface area (Å²) in [6.45, 7) is 6.02. The minimum atomic E-state index is -0.191. The van der Waals surface area contributed by atoms with Crippen molar-refractivity contribution in [2.75, 3.05) is 18.0 Å². The second-order valence-electron chi connectivity index (χ2n) is 4.09. The maximum atomic E-state index is 10.1. The molecule has 0 aliphatic carbocycles. The van der Waals surface area contributed by atoms with E-state index in [4.69, 9.17) is 12.2 Å². The van der Waals surface area contributed by atoms with Crippen molar-refractivity contribution in [1.29, 1.82) is 0 Å². The molecule has 1 aliphatic rings. The number of anilines is 1. The maximum absolute atomic E-state index is 10.1. The molecule has 5 nitrogen and oxygen atoms in total. The molecule has 0 spiro atoms. The van der Waals surface area contributed by atoms with Crippen LogP contribution in [0.3, 0.4) is 0 Å². The van der Waals surface area contributed by atoms with Crippen LogP contribution in [0.1, 0.15) is 25.6 Å².